The number of anilines is 1. The predicted molar refractivity (Wildman–Crippen MR) is 103 cm³/mol. The number of nitro groups is 1. The number of allylic oxidation sites excluding steroid dienone is 2. The molecule has 0 saturated carbocycles. The Morgan fingerprint density at radius 1 is 1.08 bits per heavy atom. The molecule has 2 aromatic carbocycles. The van der Waals surface area contributed by atoms with E-state index in [1.165, 1.54) is 12.1 Å². The molecule has 0 aliphatic carbocycles. The summed E-state index contributed by atoms with van der Waals surface area (Å²) in [6, 6.07) is 16.2. The average molecular weight is 447 g/mol. The van der Waals surface area contributed by atoms with Crippen molar-refractivity contribution in [2.24, 2.45) is 5.10 Å². The molecular formula is C18H14InN5O2. The Balaban J connectivity index is 1.70. The molecule has 4 rings (SSSR count). The first-order valence-electron chi connectivity index (χ1n) is 8.03. The second kappa shape index (κ2) is 7.17. The third kappa shape index (κ3) is 3.28. The molecule has 2 aliphatic heterocycles. The van der Waals surface area contributed by atoms with Gasteiger partial charge in [0.25, 0.3) is 0 Å². The van der Waals surface area contributed by atoms with Crippen molar-refractivity contribution in [1.29, 1.82) is 0 Å². The number of amidine groups is 1. The molecule has 0 atom stereocenters. The van der Waals surface area contributed by atoms with Gasteiger partial charge in [-0.15, -0.1) is 0 Å². The monoisotopic (exact) mass is 447 g/mol. The van der Waals surface area contributed by atoms with Gasteiger partial charge in [0.1, 0.15) is 0 Å². The summed E-state index contributed by atoms with van der Waals surface area (Å²) in [5.41, 5.74) is 6.01. The molecule has 0 radical (unpaired) electrons. The molecular weight excluding hydrogens is 433 g/mol. The van der Waals surface area contributed by atoms with E-state index in [2.05, 4.69) is 25.2 Å². The van der Waals surface area contributed by atoms with Gasteiger partial charge in [-0.1, -0.05) is 0 Å². The second-order valence-corrected chi connectivity index (χ2v) is 8.93. The molecule has 8 heteroatoms. The Labute approximate surface area is 160 Å². The maximum absolute atomic E-state index is 10.9. The van der Waals surface area contributed by atoms with Crippen LogP contribution in [0.4, 0.5) is 11.4 Å². The third-order valence-corrected chi connectivity index (χ3v) is 6.30. The van der Waals surface area contributed by atoms with Crippen LogP contribution in [0.3, 0.4) is 0 Å². The quantitative estimate of drug-likeness (QED) is 0.576. The molecule has 7 nitrogen and oxygen atoms in total. The molecule has 0 fully saturated rings. The zero-order valence-corrected chi connectivity index (χ0v) is 17.0. The van der Waals surface area contributed by atoms with Crippen molar-refractivity contribution >= 4 is 43.4 Å². The Hall–Kier alpha value is -2.87. The Bertz CT molecular complexity index is 951. The van der Waals surface area contributed by atoms with Crippen molar-refractivity contribution in [2.75, 3.05) is 5.12 Å². The molecule has 0 bridgehead atoms. The Morgan fingerprint density at radius 2 is 1.85 bits per heavy atom. The fourth-order valence-corrected chi connectivity index (χ4v) is 4.78. The van der Waals surface area contributed by atoms with E-state index < -0.39 is 27.3 Å². The van der Waals surface area contributed by atoms with Crippen molar-refractivity contribution in [3.05, 3.63) is 92.0 Å². The van der Waals surface area contributed by atoms with E-state index in [-0.39, 0.29) is 5.69 Å². The van der Waals surface area contributed by atoms with Crippen LogP contribution >= 0.6 is 0 Å². The van der Waals surface area contributed by atoms with Gasteiger partial charge in [0.15, 0.2) is 0 Å². The van der Waals surface area contributed by atoms with E-state index in [9.17, 15) is 10.1 Å². The second-order valence-electron chi connectivity index (χ2n) is 5.64. The van der Waals surface area contributed by atoms with E-state index >= 15 is 0 Å². The fourth-order valence-electron chi connectivity index (χ4n) is 2.65. The zero-order chi connectivity index (χ0) is 17.9. The predicted octanol–water partition coefficient (Wildman–Crippen LogP) is 2.42. The molecule has 1 N–H and O–H groups in total. The van der Waals surface area contributed by atoms with Gasteiger partial charge in [0, 0.05) is 0 Å². The molecule has 0 amide bonds. The van der Waals surface area contributed by atoms with E-state index in [0.717, 1.165) is 16.9 Å². The first-order chi connectivity index (χ1) is 12.7. The minimum atomic E-state index is -0.708. The number of nitrogens with one attached hydrogen (secondary N) is 1. The van der Waals surface area contributed by atoms with Crippen LogP contribution in [-0.4, -0.2) is 42.1 Å². The molecule has 0 spiro atoms. The number of hydrazone groups is 1. The van der Waals surface area contributed by atoms with Crippen molar-refractivity contribution < 1.29 is 4.92 Å². The number of nitrogens with zero attached hydrogens (tertiary/aromatic N) is 4. The van der Waals surface area contributed by atoms with Crippen LogP contribution in [0.2, 0.25) is 0 Å². The van der Waals surface area contributed by atoms with Gasteiger partial charge in [-0.2, -0.15) is 0 Å². The molecule has 126 valence electrons. The number of hydrogen-bond acceptors (Lipinski definition) is 6. The van der Waals surface area contributed by atoms with Crippen LogP contribution in [0.25, 0.3) is 0 Å². The minimum absolute atomic E-state index is 0.0574. The number of hydrogen-bond donors (Lipinski definition) is 1. The van der Waals surface area contributed by atoms with E-state index in [0.29, 0.717) is 5.84 Å². The number of non-ortho nitro benzene ring substituents is 1. The van der Waals surface area contributed by atoms with Crippen LogP contribution in [0.1, 0.15) is 5.56 Å². The summed E-state index contributed by atoms with van der Waals surface area (Å²) >= 11 is -0.708. The summed E-state index contributed by atoms with van der Waals surface area (Å²) in [7, 11) is 0. The van der Waals surface area contributed by atoms with Crippen LogP contribution in [0.5, 0.6) is 0 Å². The standard InChI is InChI=1S/C18H14N5O2.In/c1-3-15(4-2)21-19-18(14-8-6-5-7-9-14)20-22(21)16-10-12-17(13-11-16)23(24)25;/h1-13H,(H,19,20);. The number of nitro benzene ring substituents is 1. The Kier molecular flexibility index (Phi) is 4.57. The summed E-state index contributed by atoms with van der Waals surface area (Å²) in [5, 5.41) is 19.2. The molecule has 2 aliphatic rings. The van der Waals surface area contributed by atoms with Crippen molar-refractivity contribution in [3.63, 3.8) is 0 Å². The van der Waals surface area contributed by atoms with Crippen molar-refractivity contribution in [3.8, 4) is 0 Å². The fraction of sp³-hybridized carbons (Fsp3) is 0. The van der Waals surface area contributed by atoms with E-state index in [4.69, 9.17) is 5.10 Å². The summed E-state index contributed by atoms with van der Waals surface area (Å²) in [6.07, 6.45) is 4.16. The van der Waals surface area contributed by atoms with Gasteiger partial charge in [-0.25, -0.2) is 0 Å². The SMILES string of the molecule is O=[N+]([O-])c1ccc(N2NC(c3ccccc3)=NN2C2=C[CH]=[In][CH]=C2)cc1. The van der Waals surface area contributed by atoms with Crippen LogP contribution in [0.15, 0.2) is 81.4 Å². The molecule has 2 heterocycles. The Morgan fingerprint density at radius 3 is 2.50 bits per heavy atom. The summed E-state index contributed by atoms with van der Waals surface area (Å²) in [6.45, 7) is 0. The molecule has 0 aromatic heterocycles. The number of rotatable bonds is 4. The first-order valence-corrected chi connectivity index (χ1v) is 11.8. The third-order valence-electron chi connectivity index (χ3n) is 3.94. The molecule has 0 unspecified atom stereocenters. The van der Waals surface area contributed by atoms with Gasteiger partial charge in [-0.05, 0) is 0 Å². The summed E-state index contributed by atoms with van der Waals surface area (Å²) in [4.78, 5) is 10.5. The number of benzene rings is 2. The van der Waals surface area contributed by atoms with Gasteiger partial charge in [0.2, 0.25) is 0 Å². The summed E-state index contributed by atoms with van der Waals surface area (Å²) in [5.74, 6) is 0.713. The molecule has 0 saturated heterocycles. The van der Waals surface area contributed by atoms with Crippen LogP contribution < -0.4 is 10.5 Å². The number of hydrazine groups is 2. The van der Waals surface area contributed by atoms with E-state index in [1.54, 1.807) is 22.4 Å². The van der Waals surface area contributed by atoms with Gasteiger partial charge < -0.3 is 0 Å². The van der Waals surface area contributed by atoms with Gasteiger partial charge >= 0.3 is 161 Å². The van der Waals surface area contributed by atoms with Crippen LogP contribution in [-0.2, 0) is 0 Å². The molecule has 2 aromatic rings. The topological polar surface area (TPSA) is 74.0 Å². The zero-order valence-electron chi connectivity index (χ0n) is 13.7. The normalized spacial score (nSPS) is 15.2. The van der Waals surface area contributed by atoms with Gasteiger partial charge in [-0.3, -0.25) is 0 Å². The van der Waals surface area contributed by atoms with Crippen LogP contribution in [0, 0.1) is 10.1 Å². The van der Waals surface area contributed by atoms with Gasteiger partial charge in [0.05, 0.1) is 0 Å². The first kappa shape index (κ1) is 16.6. The summed E-state index contributed by atoms with van der Waals surface area (Å²) < 4.78 is 4.49. The van der Waals surface area contributed by atoms with Crippen molar-refractivity contribution in [2.45, 2.75) is 0 Å². The van der Waals surface area contributed by atoms with Crippen molar-refractivity contribution in [1.82, 2.24) is 10.5 Å². The van der Waals surface area contributed by atoms with E-state index in [1.807, 2.05) is 30.3 Å². The molecule has 26 heavy (non-hydrogen) atoms. The average Bonchev–Trinajstić information content (AvgIpc) is 3.15. The maximum atomic E-state index is 10.9.